The van der Waals surface area contributed by atoms with Crippen molar-refractivity contribution in [1.29, 1.82) is 0 Å². The molecule has 0 atom stereocenters. The summed E-state index contributed by atoms with van der Waals surface area (Å²) in [6, 6.07) is 40.9. The fourth-order valence-corrected chi connectivity index (χ4v) is 14.3. The van der Waals surface area contributed by atoms with Crippen molar-refractivity contribution in [3.05, 3.63) is 284 Å². The van der Waals surface area contributed by atoms with Crippen LogP contribution in [-0.2, 0) is 60.4 Å². The summed E-state index contributed by atoms with van der Waals surface area (Å²) >= 11 is 0. The van der Waals surface area contributed by atoms with Crippen LogP contribution in [0.25, 0.3) is 0 Å². The number of aromatic nitrogens is 7. The average Bonchev–Trinajstić information content (AvgIpc) is 1.58. The number of aromatic carboxylic acids is 1. The van der Waals surface area contributed by atoms with Crippen molar-refractivity contribution in [2.45, 2.75) is 83.3 Å². The van der Waals surface area contributed by atoms with Crippen LogP contribution < -0.4 is 16.0 Å². The number of hydrogen-bond acceptors (Lipinski definition) is 13. The standard InChI is InChI=1S/C25H26N4O.C21H17N5O.C20H16N4O2.C17H11NO2/c1-29-15-26-14-21(29)3-5-23-22-4-2-19(9-20(22)13-27-23)24(30)28-25-10-16-6-17(11-25)8-18(7-16)12-25;1-26-14-22-13-18(26)6-8-20-19-7-5-15(10-16(19)11-24-20)21(27)25-12-17-4-2-3-9-23-17;1-24-13-21-11-16(24)5-7-19-18-6-4-14(9-15(18)10-22-19)20(25)23-12-17-3-2-8-26-17;19-17(20)13-8-5-12(6-9-13)7-10-16-15-4-2-1-3-14(15)11-18-16/h2,4,9,14-18H,6-8,10-13H2,1H3,(H,28,30);2-5,7,9-10,13-14H,11-12H2,1H3,(H,25,27);2-4,6,8-9,11,13H,10,12H2,1H3,(H,23,25);1-6,8-9H,11H2,(H,19,20). The summed E-state index contributed by atoms with van der Waals surface area (Å²) < 4.78 is 10.8. The minimum absolute atomic E-state index is 0.0427. The molecule has 10 aromatic rings. The van der Waals surface area contributed by atoms with Gasteiger partial charge >= 0.3 is 5.97 Å². The number of fused-ring (bicyclic) bond motifs is 4. The molecular formula is C83H70N14O6. The van der Waals surface area contributed by atoms with Crippen molar-refractivity contribution < 1.29 is 28.7 Å². The number of pyridine rings is 1. The highest BCUT2D eigenvalue weighted by atomic mass is 16.4. The average molecular weight is 1360 g/mol. The summed E-state index contributed by atoms with van der Waals surface area (Å²) in [5, 5.41) is 18.0. The normalized spacial score (nSPS) is 17.4. The number of nitrogens with zero attached hydrogens (tertiary/aromatic N) is 11. The molecule has 0 radical (unpaired) electrons. The van der Waals surface area contributed by atoms with Crippen molar-refractivity contribution in [2.24, 2.45) is 58.9 Å². The first-order chi connectivity index (χ1) is 50.2. The van der Waals surface area contributed by atoms with Gasteiger partial charge in [-0.25, -0.2) is 19.7 Å². The molecular weight excluding hydrogens is 1290 g/mol. The number of imidazole rings is 3. The third-order valence-corrected chi connectivity index (χ3v) is 19.2. The summed E-state index contributed by atoms with van der Waals surface area (Å²) in [7, 11) is 5.72. The van der Waals surface area contributed by atoms with Gasteiger partial charge in [-0.05, 0) is 205 Å². The molecule has 3 amide bonds. The molecule has 20 nitrogen and oxygen atoms in total. The van der Waals surface area contributed by atoms with Gasteiger partial charge in [-0.15, -0.1) is 0 Å². The van der Waals surface area contributed by atoms with E-state index in [1.807, 2.05) is 120 Å². The number of hydrogen-bond donors (Lipinski definition) is 4. The number of carboxylic acids is 1. The van der Waals surface area contributed by atoms with E-state index in [0.29, 0.717) is 50.4 Å². The molecule has 0 saturated heterocycles. The van der Waals surface area contributed by atoms with E-state index in [0.717, 1.165) is 119 Å². The highest BCUT2D eigenvalue weighted by Crippen LogP contribution is 2.55. The number of rotatable bonds is 9. The quantitative estimate of drug-likeness (QED) is 0.0994. The Hall–Kier alpha value is -13.0. The van der Waals surface area contributed by atoms with E-state index in [2.05, 4.69) is 109 Å². The lowest BCUT2D eigenvalue weighted by Crippen LogP contribution is -2.59. The molecule has 0 spiro atoms. The minimum Gasteiger partial charge on any atom is -0.478 e. The van der Waals surface area contributed by atoms with E-state index >= 15 is 0 Å². The molecule has 103 heavy (non-hydrogen) atoms. The van der Waals surface area contributed by atoms with Crippen molar-refractivity contribution >= 4 is 46.5 Å². The van der Waals surface area contributed by atoms with Crippen molar-refractivity contribution in [2.75, 3.05) is 0 Å². The van der Waals surface area contributed by atoms with E-state index in [1.165, 1.54) is 44.1 Å². The van der Waals surface area contributed by atoms with Gasteiger partial charge in [0.25, 0.3) is 17.7 Å². The van der Waals surface area contributed by atoms with E-state index < -0.39 is 5.97 Å². The zero-order valence-electron chi connectivity index (χ0n) is 56.9. The van der Waals surface area contributed by atoms with Gasteiger partial charge < -0.3 is 39.2 Å². The third-order valence-electron chi connectivity index (χ3n) is 19.2. The number of benzene rings is 5. The highest BCUT2D eigenvalue weighted by molar-refractivity contribution is 6.18. The summed E-state index contributed by atoms with van der Waals surface area (Å²) in [6.07, 6.45) is 21.3. The molecule has 5 aromatic carbocycles. The molecule has 20 heteroatoms. The number of aliphatic imine (C=N–C) groups is 4. The molecule has 4 fully saturated rings. The van der Waals surface area contributed by atoms with Gasteiger partial charge in [0.15, 0.2) is 0 Å². The molecule has 5 aromatic heterocycles. The van der Waals surface area contributed by atoms with Crippen LogP contribution in [-0.4, -0.2) is 90.8 Å². The monoisotopic (exact) mass is 1360 g/mol. The fourth-order valence-electron chi connectivity index (χ4n) is 14.3. The molecule has 8 aliphatic rings. The van der Waals surface area contributed by atoms with Crippen molar-refractivity contribution in [3.63, 3.8) is 0 Å². The second-order valence-corrected chi connectivity index (χ2v) is 26.4. The molecule has 18 rings (SSSR count). The number of carbonyl (C=O) groups is 4. The zero-order valence-corrected chi connectivity index (χ0v) is 56.9. The molecule has 508 valence electrons. The lowest BCUT2D eigenvalue weighted by Gasteiger charge is -2.56. The Morgan fingerprint density at radius 1 is 0.476 bits per heavy atom. The SMILES string of the molecule is Cn1cncc1C#CC1=NCc2cc(C(=O)NC34CC5CC(CC(C5)C3)C4)ccc21.Cn1cncc1C#CC1=NCc2cc(C(=O)NCc3ccccn3)ccc21.Cn1cncc1C#CC1=NCc2cc(C(=O)NCc3ccco3)ccc21.O=C(O)c1ccc(C#CC2=NCc3ccccc32)cc1. The van der Waals surface area contributed by atoms with Gasteiger partial charge in [0.1, 0.15) is 45.7 Å². The first-order valence-corrected chi connectivity index (χ1v) is 34.0. The largest absolute Gasteiger partial charge is 0.478 e. The maximum absolute atomic E-state index is 13.1. The van der Waals surface area contributed by atoms with Gasteiger partial charge in [-0.1, -0.05) is 54.5 Å². The Balaban J connectivity index is 0.000000117. The molecule has 4 bridgehead atoms. The number of aryl methyl sites for hydroxylation is 3. The Kier molecular flexibility index (Phi) is 19.7. The molecule has 9 heterocycles. The van der Waals surface area contributed by atoms with Crippen LogP contribution in [0.4, 0.5) is 0 Å². The zero-order chi connectivity index (χ0) is 70.8. The van der Waals surface area contributed by atoms with Crippen LogP contribution >= 0.6 is 0 Å². The second-order valence-electron chi connectivity index (χ2n) is 26.4. The van der Waals surface area contributed by atoms with Crippen molar-refractivity contribution in [3.8, 4) is 47.4 Å². The number of amides is 3. The maximum Gasteiger partial charge on any atom is 0.335 e. The van der Waals surface area contributed by atoms with Gasteiger partial charge in [0, 0.05) is 77.4 Å². The van der Waals surface area contributed by atoms with Crippen LogP contribution in [0, 0.1) is 65.1 Å². The predicted octanol–water partition coefficient (Wildman–Crippen LogP) is 10.6. The lowest BCUT2D eigenvalue weighted by atomic mass is 9.53. The molecule has 0 unspecified atom stereocenters. The fraction of sp³-hybridized carbons (Fsp3) is 0.229. The van der Waals surface area contributed by atoms with Gasteiger partial charge in [-0.2, -0.15) is 0 Å². The molecule has 4 saturated carbocycles. The summed E-state index contributed by atoms with van der Waals surface area (Å²) in [5.41, 5.74) is 17.8. The van der Waals surface area contributed by atoms with Crippen LogP contribution in [0.2, 0.25) is 0 Å². The first-order valence-electron chi connectivity index (χ1n) is 34.0. The van der Waals surface area contributed by atoms with Crippen molar-refractivity contribution in [1.82, 2.24) is 49.6 Å². The molecule has 4 aliphatic heterocycles. The Labute approximate surface area is 595 Å². The highest BCUT2D eigenvalue weighted by Gasteiger charge is 2.51. The lowest BCUT2D eigenvalue weighted by molar-refractivity contribution is -0.0167. The van der Waals surface area contributed by atoms with E-state index in [-0.39, 0.29) is 28.8 Å². The minimum atomic E-state index is -0.932. The molecule has 4 N–H and O–H groups in total. The van der Waals surface area contributed by atoms with E-state index in [4.69, 9.17) is 9.52 Å². The smallest absolute Gasteiger partial charge is 0.335 e. The van der Waals surface area contributed by atoms with E-state index in [1.54, 1.807) is 92.5 Å². The Morgan fingerprint density at radius 2 is 0.913 bits per heavy atom. The Bertz CT molecular complexity index is 5320. The first kappa shape index (κ1) is 67.2. The number of furan rings is 1. The van der Waals surface area contributed by atoms with Gasteiger partial charge in [0.05, 0.1) is 94.4 Å². The van der Waals surface area contributed by atoms with Crippen LogP contribution in [0.5, 0.6) is 0 Å². The second kappa shape index (κ2) is 30.2. The summed E-state index contributed by atoms with van der Waals surface area (Å²) in [5.74, 6) is 26.8. The van der Waals surface area contributed by atoms with Crippen LogP contribution in [0.1, 0.15) is 159 Å². The topological polar surface area (TPSA) is 254 Å². The number of nitrogens with one attached hydrogen (secondary N) is 3. The van der Waals surface area contributed by atoms with E-state index in [9.17, 15) is 19.2 Å². The van der Waals surface area contributed by atoms with Gasteiger partial charge in [0.2, 0.25) is 0 Å². The number of carboxylic acid groups (broad SMARTS) is 1. The summed E-state index contributed by atoms with van der Waals surface area (Å²) in [4.78, 5) is 83.0. The Morgan fingerprint density at radius 3 is 1.36 bits per heavy atom. The van der Waals surface area contributed by atoms with Gasteiger partial charge in [-0.3, -0.25) is 39.3 Å². The predicted molar refractivity (Wildman–Crippen MR) is 391 cm³/mol. The maximum atomic E-state index is 13.1. The number of carbonyl (C=O) groups excluding carboxylic acids is 3. The van der Waals surface area contributed by atoms with Crippen LogP contribution in [0.3, 0.4) is 0 Å². The molecule has 4 aliphatic carbocycles. The van der Waals surface area contributed by atoms with Crippen LogP contribution in [0.15, 0.2) is 208 Å². The third kappa shape index (κ3) is 15.9. The summed E-state index contributed by atoms with van der Waals surface area (Å²) in [6.45, 7) is 3.09.